The van der Waals surface area contributed by atoms with Crippen molar-refractivity contribution in [1.82, 2.24) is 15.6 Å². The van der Waals surface area contributed by atoms with Crippen molar-refractivity contribution in [3.05, 3.63) is 69.2 Å². The molecular weight excluding hydrogens is 330 g/mol. The maximum absolute atomic E-state index is 12.0. The number of hydrogen-bond donors (Lipinski definition) is 2. The molecule has 24 heavy (non-hydrogen) atoms. The quantitative estimate of drug-likeness (QED) is 0.422. The first-order valence-electron chi connectivity index (χ1n) is 6.80. The molecule has 3 aromatic rings. The van der Waals surface area contributed by atoms with Gasteiger partial charge in [-0.2, -0.15) is 10.2 Å². The number of hydrogen-bond acceptors (Lipinski definition) is 6. The maximum Gasteiger partial charge on any atom is 0.291 e. The molecule has 0 aliphatic carbocycles. The molecule has 0 fully saturated rings. The first kappa shape index (κ1) is 15.6. The second-order valence-corrected chi connectivity index (χ2v) is 5.64. The lowest BCUT2D eigenvalue weighted by Crippen LogP contribution is -2.17. The average molecular weight is 341 g/mol. The van der Waals surface area contributed by atoms with E-state index >= 15 is 0 Å². The minimum absolute atomic E-state index is 0.00573. The van der Waals surface area contributed by atoms with E-state index in [1.165, 1.54) is 41.8 Å². The van der Waals surface area contributed by atoms with E-state index in [0.29, 0.717) is 5.56 Å². The van der Waals surface area contributed by atoms with E-state index in [9.17, 15) is 14.9 Å². The van der Waals surface area contributed by atoms with Gasteiger partial charge in [0.2, 0.25) is 0 Å². The number of nitro benzene ring substituents is 1. The van der Waals surface area contributed by atoms with Crippen LogP contribution in [0.15, 0.2) is 52.9 Å². The summed E-state index contributed by atoms with van der Waals surface area (Å²) >= 11 is 1.54. The molecule has 120 valence electrons. The number of nitro groups is 1. The molecule has 0 saturated carbocycles. The number of amides is 1. The fourth-order valence-corrected chi connectivity index (χ4v) is 2.59. The van der Waals surface area contributed by atoms with Crippen LogP contribution in [0.1, 0.15) is 16.1 Å². The Morgan fingerprint density at radius 3 is 2.79 bits per heavy atom. The van der Waals surface area contributed by atoms with Crippen LogP contribution in [0, 0.1) is 10.1 Å². The normalized spacial score (nSPS) is 10.8. The number of aromatic nitrogens is 2. The van der Waals surface area contributed by atoms with Crippen LogP contribution in [0.2, 0.25) is 0 Å². The third-order valence-electron chi connectivity index (χ3n) is 3.08. The second-order valence-electron chi connectivity index (χ2n) is 4.69. The molecule has 9 heteroatoms. The van der Waals surface area contributed by atoms with Gasteiger partial charge in [-0.3, -0.25) is 20.0 Å². The van der Waals surface area contributed by atoms with Gasteiger partial charge in [-0.25, -0.2) is 5.43 Å². The second kappa shape index (κ2) is 6.84. The van der Waals surface area contributed by atoms with Crippen molar-refractivity contribution in [2.45, 2.75) is 0 Å². The van der Waals surface area contributed by atoms with E-state index in [2.05, 4.69) is 20.7 Å². The monoisotopic (exact) mass is 341 g/mol. The van der Waals surface area contributed by atoms with Crippen molar-refractivity contribution in [3.8, 4) is 10.6 Å². The predicted octanol–water partition coefficient (Wildman–Crippen LogP) is 2.81. The minimum atomic E-state index is -0.481. The molecule has 0 spiro atoms. The van der Waals surface area contributed by atoms with Gasteiger partial charge in [-0.05, 0) is 35.2 Å². The zero-order chi connectivity index (χ0) is 16.9. The van der Waals surface area contributed by atoms with Crippen molar-refractivity contribution in [2.24, 2.45) is 5.10 Å². The van der Waals surface area contributed by atoms with Gasteiger partial charge in [0.05, 0.1) is 21.7 Å². The van der Waals surface area contributed by atoms with Gasteiger partial charge in [0.15, 0.2) is 5.69 Å². The van der Waals surface area contributed by atoms with Crippen molar-refractivity contribution in [1.29, 1.82) is 0 Å². The van der Waals surface area contributed by atoms with E-state index in [0.717, 1.165) is 10.6 Å². The Balaban J connectivity index is 1.62. The molecule has 8 nitrogen and oxygen atoms in total. The Hall–Kier alpha value is -3.33. The van der Waals surface area contributed by atoms with Gasteiger partial charge < -0.3 is 0 Å². The van der Waals surface area contributed by atoms with Gasteiger partial charge >= 0.3 is 0 Å². The number of aromatic amines is 1. The fourth-order valence-electron chi connectivity index (χ4n) is 1.90. The summed E-state index contributed by atoms with van der Waals surface area (Å²) < 4.78 is 0. The predicted molar refractivity (Wildman–Crippen MR) is 90.1 cm³/mol. The minimum Gasteiger partial charge on any atom is -0.276 e. The van der Waals surface area contributed by atoms with Gasteiger partial charge in [-0.1, -0.05) is 6.07 Å². The lowest BCUT2D eigenvalue weighted by molar-refractivity contribution is -0.384. The summed E-state index contributed by atoms with van der Waals surface area (Å²) in [6.45, 7) is 0. The molecule has 0 saturated heterocycles. The Bertz CT molecular complexity index is 884. The lowest BCUT2D eigenvalue weighted by Gasteiger charge is -1.95. The highest BCUT2D eigenvalue weighted by atomic mass is 32.1. The van der Waals surface area contributed by atoms with Crippen LogP contribution < -0.4 is 5.43 Å². The zero-order valence-corrected chi connectivity index (χ0v) is 13.0. The summed E-state index contributed by atoms with van der Waals surface area (Å²) in [7, 11) is 0. The van der Waals surface area contributed by atoms with Crippen LogP contribution in [0.4, 0.5) is 5.69 Å². The number of nitrogens with zero attached hydrogens (tertiary/aromatic N) is 3. The van der Waals surface area contributed by atoms with Crippen LogP contribution in [-0.4, -0.2) is 27.2 Å². The number of non-ortho nitro benzene ring substituents is 1. The average Bonchev–Trinajstić information content (AvgIpc) is 3.26. The Kier molecular flexibility index (Phi) is 4.43. The molecule has 2 aromatic heterocycles. The largest absolute Gasteiger partial charge is 0.291 e. The number of H-pyrrole nitrogens is 1. The molecule has 0 bridgehead atoms. The van der Waals surface area contributed by atoms with Gasteiger partial charge in [0.1, 0.15) is 0 Å². The number of thiophene rings is 1. The highest BCUT2D eigenvalue weighted by Crippen LogP contribution is 2.22. The van der Waals surface area contributed by atoms with E-state index in [-0.39, 0.29) is 11.4 Å². The van der Waals surface area contributed by atoms with Crippen molar-refractivity contribution in [2.75, 3.05) is 0 Å². The molecule has 3 rings (SSSR count). The van der Waals surface area contributed by atoms with Crippen LogP contribution >= 0.6 is 11.3 Å². The van der Waals surface area contributed by atoms with Crippen LogP contribution in [0.25, 0.3) is 10.6 Å². The van der Waals surface area contributed by atoms with E-state index < -0.39 is 10.8 Å². The summed E-state index contributed by atoms with van der Waals surface area (Å²) in [5.41, 5.74) is 3.96. The first-order chi connectivity index (χ1) is 11.6. The number of carbonyl (C=O) groups is 1. The third-order valence-corrected chi connectivity index (χ3v) is 3.98. The zero-order valence-electron chi connectivity index (χ0n) is 12.2. The number of hydrazone groups is 1. The number of nitrogens with one attached hydrogen (secondary N) is 2. The first-order valence-corrected chi connectivity index (χ1v) is 7.68. The van der Waals surface area contributed by atoms with E-state index in [1.807, 2.05) is 17.5 Å². The fraction of sp³-hybridized carbons (Fsp3) is 0. The molecule has 0 radical (unpaired) electrons. The number of rotatable bonds is 5. The number of benzene rings is 1. The highest BCUT2D eigenvalue weighted by Gasteiger charge is 2.11. The third kappa shape index (κ3) is 3.52. The van der Waals surface area contributed by atoms with Crippen molar-refractivity contribution in [3.63, 3.8) is 0 Å². The molecule has 0 unspecified atom stereocenters. The van der Waals surface area contributed by atoms with Gasteiger partial charge in [0, 0.05) is 12.1 Å². The molecule has 0 aliphatic heterocycles. The van der Waals surface area contributed by atoms with Gasteiger partial charge in [0.25, 0.3) is 11.6 Å². The lowest BCUT2D eigenvalue weighted by atomic mass is 10.2. The van der Waals surface area contributed by atoms with Crippen molar-refractivity contribution < 1.29 is 9.72 Å². The van der Waals surface area contributed by atoms with Crippen LogP contribution in [-0.2, 0) is 0 Å². The topological polar surface area (TPSA) is 113 Å². The van der Waals surface area contributed by atoms with Crippen LogP contribution in [0.5, 0.6) is 0 Å². The number of carbonyl (C=O) groups excluding carboxylic acids is 1. The molecule has 2 heterocycles. The molecular formula is C15H11N5O3S. The molecule has 0 atom stereocenters. The van der Waals surface area contributed by atoms with E-state index in [1.54, 1.807) is 6.07 Å². The molecule has 1 aromatic carbocycles. The molecule has 1 amide bonds. The highest BCUT2D eigenvalue weighted by molar-refractivity contribution is 7.13. The van der Waals surface area contributed by atoms with Crippen LogP contribution in [0.3, 0.4) is 0 Å². The Morgan fingerprint density at radius 1 is 1.33 bits per heavy atom. The molecule has 0 aliphatic rings. The van der Waals surface area contributed by atoms with E-state index in [4.69, 9.17) is 0 Å². The van der Waals surface area contributed by atoms with Crippen molar-refractivity contribution >= 4 is 29.1 Å². The summed E-state index contributed by atoms with van der Waals surface area (Å²) in [5, 5.41) is 23.1. The SMILES string of the molecule is O=C(N/N=C\c1ccc([N+](=O)[O-])cc1)c1cc(-c2cccs2)[nH]n1. The Labute approximate surface area is 140 Å². The summed E-state index contributed by atoms with van der Waals surface area (Å²) in [6, 6.07) is 11.3. The summed E-state index contributed by atoms with van der Waals surface area (Å²) in [6.07, 6.45) is 1.40. The summed E-state index contributed by atoms with van der Waals surface area (Å²) in [4.78, 5) is 23.0. The standard InChI is InChI=1S/C15H11N5O3S/c21-15(13-8-12(17-18-13)14-2-1-7-24-14)19-16-9-10-3-5-11(6-4-10)20(22)23/h1-9H,(H,17,18)(H,19,21)/b16-9-. The maximum atomic E-state index is 12.0. The smallest absolute Gasteiger partial charge is 0.276 e. The van der Waals surface area contributed by atoms with Gasteiger partial charge in [-0.15, -0.1) is 11.3 Å². The molecule has 2 N–H and O–H groups in total. The Morgan fingerprint density at radius 2 is 2.12 bits per heavy atom. The summed E-state index contributed by atoms with van der Waals surface area (Å²) in [5.74, 6) is -0.452.